The molecule has 0 aliphatic rings. The summed E-state index contributed by atoms with van der Waals surface area (Å²) in [5.74, 6) is 0. The van der Waals surface area contributed by atoms with E-state index in [1.807, 2.05) is 39.0 Å². The molecule has 0 saturated carbocycles. The lowest BCUT2D eigenvalue weighted by Crippen LogP contribution is -2.20. The third kappa shape index (κ3) is 1.70. The molecule has 3 aromatic heterocycles. The maximum Gasteiger partial charge on any atom is 0.331 e. The second-order valence-electron chi connectivity index (χ2n) is 4.87. The van der Waals surface area contributed by atoms with Gasteiger partial charge in [-0.05, 0) is 13.8 Å². The fourth-order valence-electron chi connectivity index (χ4n) is 2.43. The number of nitrogens with zero attached hydrogens (tertiary/aromatic N) is 5. The summed E-state index contributed by atoms with van der Waals surface area (Å²) in [5, 5.41) is 4.34. The topological polar surface area (TPSA) is 71.2 Å². The first kappa shape index (κ1) is 12.5. The summed E-state index contributed by atoms with van der Waals surface area (Å²) >= 11 is 0. The summed E-state index contributed by atoms with van der Waals surface area (Å²) in [4.78, 5) is 20.9. The van der Waals surface area contributed by atoms with Crippen molar-refractivity contribution in [2.45, 2.75) is 13.8 Å². The first-order chi connectivity index (χ1) is 9.49. The average Bonchev–Trinajstić information content (AvgIpc) is 2.93. The number of aromatic nitrogens is 5. The highest BCUT2D eigenvalue weighted by atomic mass is 16.1. The van der Waals surface area contributed by atoms with Crippen molar-refractivity contribution in [2.75, 3.05) is 11.9 Å². The van der Waals surface area contributed by atoms with Crippen molar-refractivity contribution in [1.29, 1.82) is 0 Å². The summed E-state index contributed by atoms with van der Waals surface area (Å²) in [6.07, 6.45) is 5.31. The molecule has 7 heteroatoms. The van der Waals surface area contributed by atoms with Gasteiger partial charge in [0.15, 0.2) is 5.65 Å². The van der Waals surface area contributed by atoms with Crippen molar-refractivity contribution in [3.05, 3.63) is 40.5 Å². The Bertz CT molecular complexity index is 840. The van der Waals surface area contributed by atoms with E-state index < -0.39 is 0 Å². The largest absolute Gasteiger partial charge is 0.338 e. The van der Waals surface area contributed by atoms with E-state index in [-0.39, 0.29) is 5.69 Å². The van der Waals surface area contributed by atoms with Crippen LogP contribution < -0.4 is 10.6 Å². The molecular weight excluding hydrogens is 256 g/mol. The number of anilines is 2. The molecule has 0 spiro atoms. The number of rotatable bonds is 2. The minimum absolute atomic E-state index is 0.185. The van der Waals surface area contributed by atoms with Crippen LogP contribution in [0, 0.1) is 13.8 Å². The molecule has 3 rings (SSSR count). The van der Waals surface area contributed by atoms with Gasteiger partial charge >= 0.3 is 5.69 Å². The zero-order chi connectivity index (χ0) is 14.4. The lowest BCUT2D eigenvalue weighted by atomic mass is 10.3. The third-order valence-corrected chi connectivity index (χ3v) is 3.41. The van der Waals surface area contributed by atoms with Gasteiger partial charge < -0.3 is 9.88 Å². The molecule has 0 saturated heterocycles. The number of aromatic amines is 1. The standard InChI is InChI=1S/C13H16N6O/c1-8-5-14-12-10(6-15-13(20)19(8)12)18(4)11-7-17(3)16-9(11)2/h5-7H,1-4H3,(H,15,20). The number of aryl methyl sites for hydroxylation is 3. The van der Waals surface area contributed by atoms with Gasteiger partial charge in [0.05, 0.1) is 11.4 Å². The molecule has 0 aromatic carbocycles. The van der Waals surface area contributed by atoms with Crippen LogP contribution >= 0.6 is 0 Å². The molecule has 0 radical (unpaired) electrons. The fraction of sp³-hybridized carbons (Fsp3) is 0.308. The molecular formula is C13H16N6O. The summed E-state index contributed by atoms with van der Waals surface area (Å²) in [7, 11) is 3.81. The van der Waals surface area contributed by atoms with Crippen molar-refractivity contribution >= 4 is 17.0 Å². The van der Waals surface area contributed by atoms with E-state index >= 15 is 0 Å². The molecule has 0 bridgehead atoms. The van der Waals surface area contributed by atoms with Crippen molar-refractivity contribution in [1.82, 2.24) is 24.1 Å². The Hall–Kier alpha value is -2.57. The van der Waals surface area contributed by atoms with Gasteiger partial charge in [0.1, 0.15) is 5.69 Å². The molecule has 20 heavy (non-hydrogen) atoms. The van der Waals surface area contributed by atoms with Gasteiger partial charge in [-0.15, -0.1) is 0 Å². The van der Waals surface area contributed by atoms with Crippen LogP contribution in [0.25, 0.3) is 5.65 Å². The number of fused-ring (bicyclic) bond motifs is 1. The van der Waals surface area contributed by atoms with Crippen LogP contribution in [0.5, 0.6) is 0 Å². The number of imidazole rings is 1. The number of nitrogens with one attached hydrogen (secondary N) is 1. The van der Waals surface area contributed by atoms with Crippen LogP contribution in [-0.4, -0.2) is 31.2 Å². The molecule has 0 aliphatic carbocycles. The molecule has 3 heterocycles. The Morgan fingerprint density at radius 3 is 2.70 bits per heavy atom. The highest BCUT2D eigenvalue weighted by molar-refractivity contribution is 5.75. The van der Waals surface area contributed by atoms with Gasteiger partial charge in [-0.2, -0.15) is 5.10 Å². The van der Waals surface area contributed by atoms with Crippen LogP contribution in [-0.2, 0) is 7.05 Å². The van der Waals surface area contributed by atoms with Crippen molar-refractivity contribution in [2.24, 2.45) is 7.05 Å². The quantitative estimate of drug-likeness (QED) is 0.759. The smallest absolute Gasteiger partial charge is 0.331 e. The van der Waals surface area contributed by atoms with E-state index in [9.17, 15) is 4.79 Å². The first-order valence-electron chi connectivity index (χ1n) is 6.28. The van der Waals surface area contributed by atoms with Crippen molar-refractivity contribution in [3.63, 3.8) is 0 Å². The monoisotopic (exact) mass is 272 g/mol. The molecule has 0 unspecified atom stereocenters. The van der Waals surface area contributed by atoms with E-state index in [2.05, 4.69) is 15.1 Å². The molecule has 0 fully saturated rings. The molecule has 1 N–H and O–H groups in total. The minimum Gasteiger partial charge on any atom is -0.338 e. The second-order valence-corrected chi connectivity index (χ2v) is 4.87. The highest BCUT2D eigenvalue weighted by Crippen LogP contribution is 2.27. The van der Waals surface area contributed by atoms with E-state index in [1.165, 1.54) is 0 Å². The number of H-pyrrole nitrogens is 1. The molecule has 7 nitrogen and oxygen atoms in total. The second kappa shape index (κ2) is 4.22. The Morgan fingerprint density at radius 1 is 1.30 bits per heavy atom. The summed E-state index contributed by atoms with van der Waals surface area (Å²) < 4.78 is 3.33. The van der Waals surface area contributed by atoms with E-state index in [0.29, 0.717) is 5.65 Å². The van der Waals surface area contributed by atoms with Gasteiger partial charge in [-0.3, -0.25) is 4.68 Å². The Kier molecular flexibility index (Phi) is 2.63. The van der Waals surface area contributed by atoms with Gasteiger partial charge in [0.2, 0.25) is 0 Å². The zero-order valence-corrected chi connectivity index (χ0v) is 11.9. The SMILES string of the molecule is Cc1nn(C)cc1N(C)c1c[nH]c(=O)n2c(C)cnc12. The third-order valence-electron chi connectivity index (χ3n) is 3.41. The van der Waals surface area contributed by atoms with Crippen LogP contribution in [0.3, 0.4) is 0 Å². The van der Waals surface area contributed by atoms with Crippen molar-refractivity contribution in [3.8, 4) is 0 Å². The lowest BCUT2D eigenvalue weighted by Gasteiger charge is -2.18. The Balaban J connectivity index is 2.22. The first-order valence-corrected chi connectivity index (χ1v) is 6.28. The lowest BCUT2D eigenvalue weighted by molar-refractivity contribution is 0.756. The molecule has 0 amide bonds. The van der Waals surface area contributed by atoms with E-state index in [1.54, 1.807) is 21.5 Å². The fourth-order valence-corrected chi connectivity index (χ4v) is 2.43. The Labute approximate surface area is 115 Å². The summed E-state index contributed by atoms with van der Waals surface area (Å²) in [5.41, 5.74) is 3.98. The molecule has 3 aromatic rings. The van der Waals surface area contributed by atoms with Crippen molar-refractivity contribution < 1.29 is 0 Å². The van der Waals surface area contributed by atoms with E-state index in [4.69, 9.17) is 0 Å². The van der Waals surface area contributed by atoms with Crippen LogP contribution in [0.1, 0.15) is 11.4 Å². The maximum absolute atomic E-state index is 11.9. The highest BCUT2D eigenvalue weighted by Gasteiger charge is 2.16. The minimum atomic E-state index is -0.185. The summed E-state index contributed by atoms with van der Waals surface area (Å²) in [6.45, 7) is 3.81. The van der Waals surface area contributed by atoms with Gasteiger partial charge in [-0.1, -0.05) is 0 Å². The van der Waals surface area contributed by atoms with Gasteiger partial charge in [-0.25, -0.2) is 14.2 Å². The molecule has 0 atom stereocenters. The normalized spacial score (nSPS) is 11.2. The molecule has 104 valence electrons. The van der Waals surface area contributed by atoms with E-state index in [0.717, 1.165) is 22.8 Å². The maximum atomic E-state index is 11.9. The summed E-state index contributed by atoms with van der Waals surface area (Å²) in [6, 6.07) is 0. The predicted molar refractivity (Wildman–Crippen MR) is 76.6 cm³/mol. The number of hydrogen-bond acceptors (Lipinski definition) is 4. The van der Waals surface area contributed by atoms with Gasteiger partial charge in [0.25, 0.3) is 0 Å². The van der Waals surface area contributed by atoms with Crippen LogP contribution in [0.15, 0.2) is 23.4 Å². The average molecular weight is 272 g/mol. The van der Waals surface area contributed by atoms with Crippen LogP contribution in [0.2, 0.25) is 0 Å². The predicted octanol–water partition coefficient (Wildman–Crippen LogP) is 1.14. The zero-order valence-electron chi connectivity index (χ0n) is 11.9. The van der Waals surface area contributed by atoms with Gasteiger partial charge in [0, 0.05) is 38.4 Å². The number of hydrogen-bond donors (Lipinski definition) is 1. The van der Waals surface area contributed by atoms with Crippen LogP contribution in [0.4, 0.5) is 11.4 Å². The molecule has 0 aliphatic heterocycles. The Morgan fingerprint density at radius 2 is 2.05 bits per heavy atom.